The third-order valence-electron chi connectivity index (χ3n) is 2.00. The van der Waals surface area contributed by atoms with Gasteiger partial charge < -0.3 is 11.5 Å². The first-order valence-electron chi connectivity index (χ1n) is 4.13. The normalized spacial score (nSPS) is 10.5. The second-order valence-corrected chi connectivity index (χ2v) is 4.01. The molecule has 0 saturated heterocycles. The molecule has 0 atom stereocenters. The summed E-state index contributed by atoms with van der Waals surface area (Å²) in [5.41, 5.74) is 10.7. The Kier molecular flexibility index (Phi) is 2.20. The third kappa shape index (κ3) is 1.44. The van der Waals surface area contributed by atoms with E-state index in [1.807, 2.05) is 0 Å². The lowest BCUT2D eigenvalue weighted by atomic mass is 10.2. The first-order chi connectivity index (χ1) is 7.50. The molecule has 7 nitrogen and oxygen atoms in total. The van der Waals surface area contributed by atoms with E-state index in [4.69, 9.17) is 11.5 Å². The van der Waals surface area contributed by atoms with Crippen LogP contribution in [0.1, 0.15) is 9.67 Å². The Bertz CT molecular complexity index is 607. The maximum Gasteiger partial charge on any atom is 0.288 e. The fourth-order valence-electron chi connectivity index (χ4n) is 1.27. The van der Waals surface area contributed by atoms with E-state index < -0.39 is 10.8 Å². The lowest BCUT2D eigenvalue weighted by Gasteiger charge is -1.93. The fraction of sp³-hybridized carbons (Fsp3) is 0. The predicted molar refractivity (Wildman–Crippen MR) is 59.2 cm³/mol. The molecule has 0 radical (unpaired) electrons. The summed E-state index contributed by atoms with van der Waals surface area (Å²) in [5, 5.41) is 10.9. The van der Waals surface area contributed by atoms with Crippen LogP contribution >= 0.6 is 11.3 Å². The highest BCUT2D eigenvalue weighted by molar-refractivity contribution is 7.21. The zero-order valence-corrected chi connectivity index (χ0v) is 8.65. The Morgan fingerprint density at radius 1 is 1.56 bits per heavy atom. The molecule has 0 aliphatic heterocycles. The minimum absolute atomic E-state index is 0.142. The van der Waals surface area contributed by atoms with Crippen LogP contribution < -0.4 is 11.5 Å². The second-order valence-electron chi connectivity index (χ2n) is 3.01. The average molecular weight is 238 g/mol. The summed E-state index contributed by atoms with van der Waals surface area (Å²) in [6.45, 7) is 0. The van der Waals surface area contributed by atoms with Crippen LogP contribution in [0, 0.1) is 10.1 Å². The molecule has 0 unspecified atom stereocenters. The predicted octanol–water partition coefficient (Wildman–Crippen LogP) is 0.886. The van der Waals surface area contributed by atoms with E-state index in [0.29, 0.717) is 10.2 Å². The summed E-state index contributed by atoms with van der Waals surface area (Å²) in [5.74, 6) is -0.664. The highest BCUT2D eigenvalue weighted by atomic mass is 32.1. The van der Waals surface area contributed by atoms with Gasteiger partial charge in [-0.15, -0.1) is 11.3 Å². The lowest BCUT2D eigenvalue weighted by Crippen LogP contribution is -2.10. The molecule has 0 aromatic carbocycles. The SMILES string of the molecule is NC(=O)c1sc2ncc([N+](=O)[O-])cc2c1N. The largest absolute Gasteiger partial charge is 0.397 e. The highest BCUT2D eigenvalue weighted by Crippen LogP contribution is 2.33. The minimum Gasteiger partial charge on any atom is -0.397 e. The molecule has 0 aliphatic rings. The number of hydrogen-bond acceptors (Lipinski definition) is 6. The topological polar surface area (TPSA) is 125 Å². The first-order valence-corrected chi connectivity index (χ1v) is 4.94. The molecule has 2 aromatic rings. The van der Waals surface area contributed by atoms with Gasteiger partial charge in [0.15, 0.2) is 0 Å². The van der Waals surface area contributed by atoms with E-state index in [1.165, 1.54) is 6.07 Å². The van der Waals surface area contributed by atoms with Gasteiger partial charge in [0, 0.05) is 11.5 Å². The minimum atomic E-state index is -0.664. The van der Waals surface area contributed by atoms with Crippen molar-refractivity contribution in [3.63, 3.8) is 0 Å². The number of carbonyl (C=O) groups excluding carboxylic acids is 1. The Balaban J connectivity index is 2.73. The van der Waals surface area contributed by atoms with Gasteiger partial charge >= 0.3 is 0 Å². The summed E-state index contributed by atoms with van der Waals surface area (Å²) in [6, 6.07) is 1.28. The van der Waals surface area contributed by atoms with Crippen LogP contribution in [0.3, 0.4) is 0 Å². The van der Waals surface area contributed by atoms with Crippen LogP contribution in [0.5, 0.6) is 0 Å². The van der Waals surface area contributed by atoms with E-state index in [-0.39, 0.29) is 16.3 Å². The summed E-state index contributed by atoms with van der Waals surface area (Å²) >= 11 is 1.02. The third-order valence-corrected chi connectivity index (χ3v) is 3.15. The van der Waals surface area contributed by atoms with Gasteiger partial charge in [0.25, 0.3) is 11.6 Å². The lowest BCUT2D eigenvalue weighted by molar-refractivity contribution is -0.385. The molecule has 0 aliphatic carbocycles. The van der Waals surface area contributed by atoms with Crippen molar-refractivity contribution >= 4 is 38.8 Å². The molecule has 82 valence electrons. The van der Waals surface area contributed by atoms with Crippen molar-refractivity contribution in [2.75, 3.05) is 5.73 Å². The average Bonchev–Trinajstić information content (AvgIpc) is 2.56. The summed E-state index contributed by atoms with van der Waals surface area (Å²) in [4.78, 5) is 25.4. The molecule has 0 spiro atoms. The Morgan fingerprint density at radius 3 is 2.81 bits per heavy atom. The standard InChI is InChI=1S/C8H6N4O3S/c9-5-4-1-3(12(14)15)2-11-8(4)16-6(5)7(10)13/h1-2H,9H2,(H2,10,13). The van der Waals surface area contributed by atoms with Gasteiger partial charge in [0.1, 0.15) is 15.9 Å². The molecule has 0 bridgehead atoms. The zero-order chi connectivity index (χ0) is 11.9. The van der Waals surface area contributed by atoms with Crippen LogP contribution in [0.2, 0.25) is 0 Å². The summed E-state index contributed by atoms with van der Waals surface area (Å²) in [7, 11) is 0. The maximum absolute atomic E-state index is 11.0. The second kappa shape index (κ2) is 3.42. The molecular weight excluding hydrogens is 232 g/mol. The van der Waals surface area contributed by atoms with Crippen molar-refractivity contribution in [3.8, 4) is 0 Å². The number of nitrogens with two attached hydrogens (primary N) is 2. The first kappa shape index (κ1) is 10.3. The monoisotopic (exact) mass is 238 g/mol. The summed E-state index contributed by atoms with van der Waals surface area (Å²) < 4.78 is 0. The van der Waals surface area contributed by atoms with Crippen LogP contribution in [-0.4, -0.2) is 15.8 Å². The number of primary amides is 1. The number of amides is 1. The van der Waals surface area contributed by atoms with Crippen LogP contribution in [0.15, 0.2) is 12.3 Å². The molecule has 16 heavy (non-hydrogen) atoms. The molecule has 1 amide bonds. The number of rotatable bonds is 2. The number of anilines is 1. The van der Waals surface area contributed by atoms with Crippen molar-refractivity contribution in [1.29, 1.82) is 0 Å². The smallest absolute Gasteiger partial charge is 0.288 e. The van der Waals surface area contributed by atoms with Gasteiger partial charge in [-0.3, -0.25) is 14.9 Å². The summed E-state index contributed by atoms with van der Waals surface area (Å²) in [6.07, 6.45) is 1.11. The number of nitrogen functional groups attached to an aromatic ring is 1. The number of thiophene rings is 1. The molecule has 2 heterocycles. The van der Waals surface area contributed by atoms with Gasteiger partial charge in [-0.25, -0.2) is 4.98 Å². The van der Waals surface area contributed by atoms with Crippen LogP contribution in [0.25, 0.3) is 10.2 Å². The number of fused-ring (bicyclic) bond motifs is 1. The van der Waals surface area contributed by atoms with Crippen molar-refractivity contribution in [1.82, 2.24) is 4.98 Å². The zero-order valence-electron chi connectivity index (χ0n) is 7.84. The van der Waals surface area contributed by atoms with Crippen LogP contribution in [0.4, 0.5) is 11.4 Å². The Hall–Kier alpha value is -2.22. The van der Waals surface area contributed by atoms with Crippen molar-refractivity contribution < 1.29 is 9.72 Å². The van der Waals surface area contributed by atoms with Gasteiger partial charge in [0.2, 0.25) is 0 Å². The van der Waals surface area contributed by atoms with E-state index in [9.17, 15) is 14.9 Å². The number of aromatic nitrogens is 1. The van der Waals surface area contributed by atoms with Gasteiger partial charge in [-0.1, -0.05) is 0 Å². The number of pyridine rings is 1. The number of hydrogen-bond donors (Lipinski definition) is 2. The molecule has 0 fully saturated rings. The van der Waals surface area contributed by atoms with Crippen molar-refractivity contribution in [2.24, 2.45) is 5.73 Å². The molecule has 8 heteroatoms. The van der Waals surface area contributed by atoms with E-state index in [0.717, 1.165) is 17.5 Å². The maximum atomic E-state index is 11.0. The fourth-order valence-corrected chi connectivity index (χ4v) is 2.17. The number of nitrogens with zero attached hydrogens (tertiary/aromatic N) is 2. The quantitative estimate of drug-likeness (QED) is 0.593. The van der Waals surface area contributed by atoms with Gasteiger partial charge in [0.05, 0.1) is 10.6 Å². The van der Waals surface area contributed by atoms with Gasteiger partial charge in [-0.2, -0.15) is 0 Å². The molecule has 4 N–H and O–H groups in total. The molecule has 2 rings (SSSR count). The van der Waals surface area contributed by atoms with E-state index >= 15 is 0 Å². The van der Waals surface area contributed by atoms with E-state index in [1.54, 1.807) is 0 Å². The molecular formula is C8H6N4O3S. The number of carbonyl (C=O) groups is 1. The number of nitro groups is 1. The van der Waals surface area contributed by atoms with Crippen molar-refractivity contribution in [3.05, 3.63) is 27.3 Å². The Morgan fingerprint density at radius 2 is 2.25 bits per heavy atom. The Labute approximate surface area is 92.8 Å². The van der Waals surface area contributed by atoms with Gasteiger partial charge in [-0.05, 0) is 0 Å². The van der Waals surface area contributed by atoms with E-state index in [2.05, 4.69) is 4.98 Å². The molecule has 0 saturated carbocycles. The van der Waals surface area contributed by atoms with Crippen LogP contribution in [-0.2, 0) is 0 Å². The van der Waals surface area contributed by atoms with Crippen molar-refractivity contribution in [2.45, 2.75) is 0 Å². The highest BCUT2D eigenvalue weighted by Gasteiger charge is 2.17. The molecule has 2 aromatic heterocycles.